The van der Waals surface area contributed by atoms with Gasteiger partial charge in [-0.15, -0.1) is 0 Å². The number of rotatable bonds is 3. The molecule has 0 saturated heterocycles. The molecule has 0 unspecified atom stereocenters. The number of benzene rings is 2. The zero-order valence-electron chi connectivity index (χ0n) is 12.9. The summed E-state index contributed by atoms with van der Waals surface area (Å²) in [6.45, 7) is 3.88. The van der Waals surface area contributed by atoms with Crippen LogP contribution in [0.15, 0.2) is 59.1 Å². The topological polar surface area (TPSA) is 46.9 Å². The molecule has 2 aromatic carbocycles. The molecule has 0 spiro atoms. The first-order chi connectivity index (χ1) is 11.0. The number of aryl methyl sites for hydroxylation is 2. The summed E-state index contributed by atoms with van der Waals surface area (Å²) < 4.78 is 2.75. The second-order valence-electron chi connectivity index (χ2n) is 5.33. The molecule has 1 amide bonds. The molecule has 0 aliphatic heterocycles. The van der Waals surface area contributed by atoms with Crippen LogP contribution in [-0.2, 0) is 0 Å². The molecule has 0 fully saturated rings. The van der Waals surface area contributed by atoms with Gasteiger partial charge in [0.2, 0.25) is 0 Å². The minimum atomic E-state index is -0.215. The van der Waals surface area contributed by atoms with Gasteiger partial charge in [0.25, 0.3) is 5.91 Å². The Balaban J connectivity index is 1.86. The van der Waals surface area contributed by atoms with E-state index in [1.807, 2.05) is 62.4 Å². The first-order valence-corrected chi connectivity index (χ1v) is 8.03. The van der Waals surface area contributed by atoms with Crippen molar-refractivity contribution in [3.63, 3.8) is 0 Å². The molecule has 3 aromatic rings. The van der Waals surface area contributed by atoms with Crippen LogP contribution in [0.5, 0.6) is 0 Å². The molecule has 0 atom stereocenters. The van der Waals surface area contributed by atoms with Gasteiger partial charge in [0.15, 0.2) is 5.69 Å². The van der Waals surface area contributed by atoms with Crippen molar-refractivity contribution in [2.75, 3.05) is 5.32 Å². The maximum absolute atomic E-state index is 12.4. The van der Waals surface area contributed by atoms with Crippen LogP contribution in [0.25, 0.3) is 5.69 Å². The van der Waals surface area contributed by atoms with Crippen molar-refractivity contribution in [2.24, 2.45) is 0 Å². The lowest BCUT2D eigenvalue weighted by Crippen LogP contribution is -2.14. The van der Waals surface area contributed by atoms with Crippen LogP contribution in [0.1, 0.15) is 21.7 Å². The first kappa shape index (κ1) is 15.5. The molecule has 3 rings (SSSR count). The number of nitrogens with one attached hydrogen (secondary N) is 1. The van der Waals surface area contributed by atoms with E-state index in [4.69, 9.17) is 0 Å². The monoisotopic (exact) mass is 369 g/mol. The van der Waals surface area contributed by atoms with Crippen LogP contribution in [0, 0.1) is 13.8 Å². The molecule has 1 aromatic heterocycles. The van der Waals surface area contributed by atoms with E-state index in [0.29, 0.717) is 5.69 Å². The Morgan fingerprint density at radius 2 is 1.83 bits per heavy atom. The van der Waals surface area contributed by atoms with Crippen LogP contribution in [-0.4, -0.2) is 15.7 Å². The highest BCUT2D eigenvalue weighted by molar-refractivity contribution is 9.10. The van der Waals surface area contributed by atoms with E-state index in [1.165, 1.54) is 0 Å². The van der Waals surface area contributed by atoms with Crippen molar-refractivity contribution in [1.82, 2.24) is 9.78 Å². The van der Waals surface area contributed by atoms with Gasteiger partial charge in [0.05, 0.1) is 5.69 Å². The number of aromatic nitrogens is 2. The third-order valence-electron chi connectivity index (χ3n) is 3.56. The van der Waals surface area contributed by atoms with Gasteiger partial charge in [0.1, 0.15) is 0 Å². The van der Waals surface area contributed by atoms with Crippen molar-refractivity contribution in [3.05, 3.63) is 76.0 Å². The van der Waals surface area contributed by atoms with Gasteiger partial charge in [-0.1, -0.05) is 34.1 Å². The molecule has 0 aliphatic carbocycles. The quantitative estimate of drug-likeness (QED) is 0.738. The number of carbonyl (C=O) groups excluding carboxylic acids is 1. The van der Waals surface area contributed by atoms with Crippen molar-refractivity contribution in [3.8, 4) is 5.69 Å². The van der Waals surface area contributed by atoms with Crippen molar-refractivity contribution in [2.45, 2.75) is 13.8 Å². The zero-order valence-corrected chi connectivity index (χ0v) is 14.5. The van der Waals surface area contributed by atoms with E-state index in [2.05, 4.69) is 26.3 Å². The van der Waals surface area contributed by atoms with Gasteiger partial charge in [-0.3, -0.25) is 4.79 Å². The van der Waals surface area contributed by atoms with Crippen molar-refractivity contribution in [1.29, 1.82) is 0 Å². The predicted molar refractivity (Wildman–Crippen MR) is 95.1 cm³/mol. The van der Waals surface area contributed by atoms with Gasteiger partial charge < -0.3 is 5.32 Å². The van der Waals surface area contributed by atoms with Crippen LogP contribution in [0.2, 0.25) is 0 Å². The van der Waals surface area contributed by atoms with E-state index >= 15 is 0 Å². The first-order valence-electron chi connectivity index (χ1n) is 7.24. The lowest BCUT2D eigenvalue weighted by atomic mass is 10.2. The summed E-state index contributed by atoms with van der Waals surface area (Å²) in [5.74, 6) is -0.215. The van der Waals surface area contributed by atoms with Gasteiger partial charge in [-0.25, -0.2) is 4.68 Å². The van der Waals surface area contributed by atoms with Crippen LogP contribution in [0.4, 0.5) is 5.69 Å². The SMILES string of the molecule is Cc1cc(Br)ccc1NC(=O)c1cc(C)n(-c2ccccc2)n1. The lowest BCUT2D eigenvalue weighted by Gasteiger charge is -2.07. The number of para-hydroxylation sites is 1. The summed E-state index contributed by atoms with van der Waals surface area (Å²) >= 11 is 3.42. The minimum Gasteiger partial charge on any atom is -0.320 e. The van der Waals surface area contributed by atoms with E-state index < -0.39 is 0 Å². The number of hydrogen-bond donors (Lipinski definition) is 1. The summed E-state index contributed by atoms with van der Waals surface area (Å²) in [6, 6.07) is 17.3. The molecule has 0 saturated carbocycles. The summed E-state index contributed by atoms with van der Waals surface area (Å²) in [6.07, 6.45) is 0. The Labute approximate surface area is 143 Å². The Hall–Kier alpha value is -2.40. The molecule has 116 valence electrons. The molecule has 23 heavy (non-hydrogen) atoms. The minimum absolute atomic E-state index is 0.215. The van der Waals surface area contributed by atoms with Crippen LogP contribution < -0.4 is 5.32 Å². The third-order valence-corrected chi connectivity index (χ3v) is 4.05. The highest BCUT2D eigenvalue weighted by Crippen LogP contribution is 2.21. The smallest absolute Gasteiger partial charge is 0.276 e. The molecule has 4 nitrogen and oxygen atoms in total. The summed E-state index contributed by atoms with van der Waals surface area (Å²) in [7, 11) is 0. The number of amides is 1. The predicted octanol–water partition coefficient (Wildman–Crippen LogP) is 4.50. The average molecular weight is 370 g/mol. The molecular formula is C18H16BrN3O. The maximum atomic E-state index is 12.4. The number of halogens is 1. The fraction of sp³-hybridized carbons (Fsp3) is 0.111. The number of nitrogens with zero attached hydrogens (tertiary/aromatic N) is 2. The van der Waals surface area contributed by atoms with Gasteiger partial charge in [-0.2, -0.15) is 5.10 Å². The van der Waals surface area contributed by atoms with Crippen LogP contribution >= 0.6 is 15.9 Å². The average Bonchev–Trinajstić information content (AvgIpc) is 2.93. The third kappa shape index (κ3) is 3.35. The summed E-state index contributed by atoms with van der Waals surface area (Å²) in [5.41, 5.74) is 4.02. The molecule has 0 aliphatic rings. The standard InChI is InChI=1S/C18H16BrN3O/c1-12-10-14(19)8-9-16(12)20-18(23)17-11-13(2)22(21-17)15-6-4-3-5-7-15/h3-11H,1-2H3,(H,20,23). The van der Waals surface area contributed by atoms with Crippen molar-refractivity contribution >= 4 is 27.5 Å². The Kier molecular flexibility index (Phi) is 4.30. The fourth-order valence-corrected chi connectivity index (χ4v) is 2.85. The largest absolute Gasteiger partial charge is 0.320 e. The van der Waals surface area contributed by atoms with E-state index in [9.17, 15) is 4.79 Å². The maximum Gasteiger partial charge on any atom is 0.276 e. The van der Waals surface area contributed by atoms with Crippen molar-refractivity contribution < 1.29 is 4.79 Å². The number of carbonyl (C=O) groups is 1. The highest BCUT2D eigenvalue weighted by atomic mass is 79.9. The fourth-order valence-electron chi connectivity index (χ4n) is 2.37. The van der Waals surface area contributed by atoms with E-state index in [0.717, 1.165) is 27.1 Å². The second-order valence-corrected chi connectivity index (χ2v) is 6.25. The molecular weight excluding hydrogens is 354 g/mol. The summed E-state index contributed by atoms with van der Waals surface area (Å²) in [4.78, 5) is 12.4. The normalized spacial score (nSPS) is 10.6. The Morgan fingerprint density at radius 1 is 1.09 bits per heavy atom. The van der Waals surface area contributed by atoms with E-state index in [-0.39, 0.29) is 5.91 Å². The molecule has 1 heterocycles. The van der Waals surface area contributed by atoms with Gasteiger partial charge >= 0.3 is 0 Å². The molecule has 0 radical (unpaired) electrons. The van der Waals surface area contributed by atoms with E-state index in [1.54, 1.807) is 10.7 Å². The van der Waals surface area contributed by atoms with Crippen LogP contribution in [0.3, 0.4) is 0 Å². The highest BCUT2D eigenvalue weighted by Gasteiger charge is 2.14. The number of hydrogen-bond acceptors (Lipinski definition) is 2. The molecule has 5 heteroatoms. The Bertz CT molecular complexity index is 856. The Morgan fingerprint density at radius 3 is 2.52 bits per heavy atom. The van der Waals surface area contributed by atoms with Gasteiger partial charge in [0, 0.05) is 15.9 Å². The molecule has 0 bridgehead atoms. The zero-order chi connectivity index (χ0) is 16.4. The second kappa shape index (κ2) is 6.38. The molecule has 1 N–H and O–H groups in total. The lowest BCUT2D eigenvalue weighted by molar-refractivity contribution is 0.102. The summed E-state index contributed by atoms with van der Waals surface area (Å²) in [5, 5.41) is 7.33. The van der Waals surface area contributed by atoms with Gasteiger partial charge in [-0.05, 0) is 55.8 Å². The number of anilines is 1.